The number of rotatable bonds is 4. The molecule has 0 aliphatic carbocycles. The van der Waals surface area contributed by atoms with Crippen molar-refractivity contribution < 1.29 is 20.1 Å². The van der Waals surface area contributed by atoms with E-state index in [2.05, 4.69) is 0 Å². The average Bonchev–Trinajstić information content (AvgIpc) is 2.19. The van der Waals surface area contributed by atoms with Gasteiger partial charge in [-0.15, -0.1) is 0 Å². The number of nitrogen functional groups attached to an aromatic ring is 1. The van der Waals surface area contributed by atoms with Gasteiger partial charge >= 0.3 is 5.97 Å². The van der Waals surface area contributed by atoms with E-state index in [0.29, 0.717) is 11.3 Å². The molecule has 16 heavy (non-hydrogen) atoms. The van der Waals surface area contributed by atoms with E-state index in [-0.39, 0.29) is 0 Å². The summed E-state index contributed by atoms with van der Waals surface area (Å²) in [5, 5.41) is 27.7. The van der Waals surface area contributed by atoms with Crippen LogP contribution in [0.25, 0.3) is 0 Å². The molecule has 0 heterocycles. The smallest absolute Gasteiger partial charge is 0.306 e. The predicted molar refractivity (Wildman–Crippen MR) is 58.8 cm³/mol. The number of aliphatic hydroxyl groups is 2. The van der Waals surface area contributed by atoms with E-state index in [1.807, 2.05) is 6.92 Å². The van der Waals surface area contributed by atoms with Gasteiger partial charge in [0.05, 0.1) is 12.5 Å². The van der Waals surface area contributed by atoms with E-state index in [0.717, 1.165) is 5.56 Å². The van der Waals surface area contributed by atoms with Crippen molar-refractivity contribution in [2.75, 3.05) is 5.73 Å². The van der Waals surface area contributed by atoms with Gasteiger partial charge in [0.15, 0.2) is 0 Å². The molecular weight excluding hydrogens is 210 g/mol. The van der Waals surface area contributed by atoms with Crippen molar-refractivity contribution in [1.29, 1.82) is 0 Å². The van der Waals surface area contributed by atoms with Crippen molar-refractivity contribution in [3.63, 3.8) is 0 Å². The number of nitrogens with two attached hydrogens (primary N) is 1. The number of hydrogen-bond donors (Lipinski definition) is 4. The molecule has 0 saturated heterocycles. The van der Waals surface area contributed by atoms with Crippen molar-refractivity contribution in [2.45, 2.75) is 25.6 Å². The molecule has 1 aromatic rings. The van der Waals surface area contributed by atoms with E-state index in [1.54, 1.807) is 18.2 Å². The molecule has 0 bridgehead atoms. The average molecular weight is 225 g/mol. The molecule has 0 amide bonds. The molecule has 0 radical (unpaired) electrons. The molecule has 88 valence electrons. The summed E-state index contributed by atoms with van der Waals surface area (Å²) >= 11 is 0. The first-order valence-corrected chi connectivity index (χ1v) is 4.85. The number of aryl methyl sites for hydroxylation is 1. The number of benzene rings is 1. The molecule has 5 N–H and O–H groups in total. The molecule has 0 aliphatic rings. The van der Waals surface area contributed by atoms with Gasteiger partial charge in [0.2, 0.25) is 0 Å². The van der Waals surface area contributed by atoms with Crippen LogP contribution in [-0.4, -0.2) is 27.4 Å². The number of aliphatic hydroxyl groups excluding tert-OH is 2. The minimum absolute atomic E-state index is 0.336. The Morgan fingerprint density at radius 3 is 2.62 bits per heavy atom. The lowest BCUT2D eigenvalue weighted by atomic mass is 9.99. The lowest BCUT2D eigenvalue weighted by Gasteiger charge is -2.18. The minimum atomic E-state index is -1.36. The molecule has 1 aromatic carbocycles. The van der Waals surface area contributed by atoms with Crippen molar-refractivity contribution in [3.8, 4) is 0 Å². The number of carbonyl (C=O) groups is 1. The summed E-state index contributed by atoms with van der Waals surface area (Å²) < 4.78 is 0. The maximum atomic E-state index is 10.4. The molecule has 0 aromatic heterocycles. The Morgan fingerprint density at radius 1 is 1.44 bits per heavy atom. The lowest BCUT2D eigenvalue weighted by molar-refractivity contribution is -0.141. The third kappa shape index (κ3) is 2.95. The lowest BCUT2D eigenvalue weighted by Crippen LogP contribution is -2.22. The van der Waals surface area contributed by atoms with Crippen molar-refractivity contribution in [3.05, 3.63) is 29.3 Å². The van der Waals surface area contributed by atoms with Crippen LogP contribution in [0.3, 0.4) is 0 Å². The Kier molecular flexibility index (Phi) is 3.87. The zero-order valence-corrected chi connectivity index (χ0v) is 8.92. The highest BCUT2D eigenvalue weighted by atomic mass is 16.4. The second-order valence-corrected chi connectivity index (χ2v) is 3.74. The second kappa shape index (κ2) is 4.96. The predicted octanol–water partition coefficient (Wildman–Crippen LogP) is 0.446. The van der Waals surface area contributed by atoms with Crippen LogP contribution in [0.15, 0.2) is 18.2 Å². The molecule has 2 atom stereocenters. The van der Waals surface area contributed by atoms with Crippen LogP contribution >= 0.6 is 0 Å². The first-order chi connectivity index (χ1) is 7.41. The van der Waals surface area contributed by atoms with Crippen LogP contribution in [0, 0.1) is 6.92 Å². The maximum absolute atomic E-state index is 10.4. The maximum Gasteiger partial charge on any atom is 0.306 e. The van der Waals surface area contributed by atoms with Crippen LogP contribution < -0.4 is 5.73 Å². The first kappa shape index (κ1) is 12.5. The number of hydrogen-bond acceptors (Lipinski definition) is 4. The van der Waals surface area contributed by atoms with Crippen molar-refractivity contribution in [2.24, 2.45) is 0 Å². The SMILES string of the molecule is Cc1ccc(N)c(C(O)C(O)CC(=O)O)c1. The van der Waals surface area contributed by atoms with Gasteiger partial charge in [-0.3, -0.25) is 4.79 Å². The van der Waals surface area contributed by atoms with Gasteiger partial charge in [-0.25, -0.2) is 0 Å². The zero-order valence-electron chi connectivity index (χ0n) is 8.92. The summed E-state index contributed by atoms with van der Waals surface area (Å²) in [6.07, 6.45) is -3.16. The fourth-order valence-corrected chi connectivity index (χ4v) is 1.45. The van der Waals surface area contributed by atoms with Gasteiger partial charge in [0, 0.05) is 11.3 Å². The largest absolute Gasteiger partial charge is 0.481 e. The van der Waals surface area contributed by atoms with Crippen LogP contribution in [0.2, 0.25) is 0 Å². The highest BCUT2D eigenvalue weighted by molar-refractivity contribution is 5.67. The normalized spacial score (nSPS) is 14.4. The van der Waals surface area contributed by atoms with E-state index < -0.39 is 24.6 Å². The van der Waals surface area contributed by atoms with Gasteiger partial charge < -0.3 is 21.1 Å². The van der Waals surface area contributed by atoms with Crippen LogP contribution in [0.1, 0.15) is 23.7 Å². The summed E-state index contributed by atoms with van der Waals surface area (Å²) in [6.45, 7) is 1.82. The number of carboxylic acid groups (broad SMARTS) is 1. The second-order valence-electron chi connectivity index (χ2n) is 3.74. The Morgan fingerprint density at radius 2 is 2.06 bits per heavy atom. The van der Waals surface area contributed by atoms with Crippen LogP contribution in [-0.2, 0) is 4.79 Å². The van der Waals surface area contributed by atoms with Crippen molar-refractivity contribution in [1.82, 2.24) is 0 Å². The van der Waals surface area contributed by atoms with Gasteiger partial charge in [-0.05, 0) is 13.0 Å². The third-order valence-electron chi connectivity index (χ3n) is 2.31. The highest BCUT2D eigenvalue weighted by Gasteiger charge is 2.22. The molecule has 0 fully saturated rings. The Labute approximate surface area is 93.1 Å². The number of anilines is 1. The fraction of sp³-hybridized carbons (Fsp3) is 0.364. The number of carboxylic acids is 1. The van der Waals surface area contributed by atoms with Gasteiger partial charge in [-0.1, -0.05) is 17.7 Å². The Hall–Kier alpha value is -1.59. The minimum Gasteiger partial charge on any atom is -0.481 e. The van der Waals surface area contributed by atoms with Crippen LogP contribution in [0.5, 0.6) is 0 Å². The Bertz CT molecular complexity index is 392. The highest BCUT2D eigenvalue weighted by Crippen LogP contribution is 2.25. The summed E-state index contributed by atoms with van der Waals surface area (Å²) in [6, 6.07) is 5.02. The first-order valence-electron chi connectivity index (χ1n) is 4.85. The van der Waals surface area contributed by atoms with E-state index in [4.69, 9.17) is 10.8 Å². The third-order valence-corrected chi connectivity index (χ3v) is 2.31. The van der Waals surface area contributed by atoms with Crippen molar-refractivity contribution >= 4 is 11.7 Å². The molecular formula is C11H15NO4. The fourth-order valence-electron chi connectivity index (χ4n) is 1.45. The zero-order chi connectivity index (χ0) is 12.3. The monoisotopic (exact) mass is 225 g/mol. The van der Waals surface area contributed by atoms with Gasteiger partial charge in [0.1, 0.15) is 6.10 Å². The molecule has 0 saturated carbocycles. The molecule has 0 aliphatic heterocycles. The molecule has 1 rings (SSSR count). The van der Waals surface area contributed by atoms with E-state index >= 15 is 0 Å². The standard InChI is InChI=1S/C11H15NO4/c1-6-2-3-8(12)7(4-6)11(16)9(13)5-10(14)15/h2-4,9,11,13,16H,5,12H2,1H3,(H,14,15). The van der Waals surface area contributed by atoms with Gasteiger partial charge in [-0.2, -0.15) is 0 Å². The summed E-state index contributed by atoms with van der Waals surface area (Å²) in [5.74, 6) is -1.17. The molecule has 2 unspecified atom stereocenters. The summed E-state index contributed by atoms with van der Waals surface area (Å²) in [4.78, 5) is 10.4. The molecule has 5 heteroatoms. The Balaban J connectivity index is 2.90. The van der Waals surface area contributed by atoms with E-state index in [9.17, 15) is 15.0 Å². The van der Waals surface area contributed by atoms with Crippen LogP contribution in [0.4, 0.5) is 5.69 Å². The van der Waals surface area contributed by atoms with E-state index in [1.165, 1.54) is 0 Å². The van der Waals surface area contributed by atoms with Gasteiger partial charge in [0.25, 0.3) is 0 Å². The number of aliphatic carboxylic acids is 1. The summed E-state index contributed by atoms with van der Waals surface area (Å²) in [5.41, 5.74) is 7.21. The topological polar surface area (TPSA) is 104 Å². The molecule has 5 nitrogen and oxygen atoms in total. The summed E-state index contributed by atoms with van der Waals surface area (Å²) in [7, 11) is 0. The molecule has 0 spiro atoms. The quantitative estimate of drug-likeness (QED) is 0.557.